The third kappa shape index (κ3) is 4.86. The molecule has 0 aliphatic heterocycles. The molecule has 0 aliphatic carbocycles. The number of rotatable bonds is 2. The second-order valence-electron chi connectivity index (χ2n) is 4.33. The maximum absolute atomic E-state index is 5.70. The molecule has 0 saturated carbocycles. The number of ether oxygens (including phenoxy) is 1. The first-order valence-corrected chi connectivity index (χ1v) is 4.67. The van der Waals surface area contributed by atoms with Crippen LogP contribution in [0.2, 0.25) is 0 Å². The molecule has 0 aromatic heterocycles. The Kier molecular flexibility index (Phi) is 5.52. The average molecular weight is 186 g/mol. The zero-order valence-electron chi connectivity index (χ0n) is 10.9. The number of aryl methyl sites for hydroxylation is 1. The summed E-state index contributed by atoms with van der Waals surface area (Å²) in [6, 6.07) is 8.33. The Hall–Kier alpha value is -0.223. The molecule has 1 aromatic carbocycles. The maximum Gasteiger partial charge on any atom is 1.00 e. The Balaban J connectivity index is 0. The first-order chi connectivity index (χ1) is 5.99. The van der Waals surface area contributed by atoms with Crippen LogP contribution in [-0.2, 0) is 11.3 Å². The van der Waals surface area contributed by atoms with E-state index in [1.54, 1.807) is 0 Å². The van der Waals surface area contributed by atoms with Gasteiger partial charge in [-0.2, -0.15) is 0 Å². The van der Waals surface area contributed by atoms with Gasteiger partial charge in [-0.15, -0.1) is 0 Å². The molecule has 14 heavy (non-hydrogen) atoms. The molecule has 0 saturated heterocycles. The molecule has 0 radical (unpaired) electrons. The van der Waals surface area contributed by atoms with Gasteiger partial charge in [-0.3, -0.25) is 0 Å². The molecule has 1 rings (SSSR count). The van der Waals surface area contributed by atoms with Crippen LogP contribution in [0.3, 0.4) is 0 Å². The Morgan fingerprint density at radius 1 is 1.21 bits per heavy atom. The zero-order valence-corrected chi connectivity index (χ0v) is 9.92. The van der Waals surface area contributed by atoms with Crippen LogP contribution in [0.4, 0.5) is 0 Å². The van der Waals surface area contributed by atoms with Gasteiger partial charge < -0.3 is 6.16 Å². The van der Waals surface area contributed by atoms with Crippen LogP contribution in [-0.4, -0.2) is 5.60 Å². The molecule has 0 aliphatic rings. The van der Waals surface area contributed by atoms with Crippen molar-refractivity contribution >= 4 is 0 Å². The summed E-state index contributed by atoms with van der Waals surface area (Å²) in [5.41, 5.74) is 2.52. The van der Waals surface area contributed by atoms with Crippen molar-refractivity contribution in [1.29, 1.82) is 0 Å². The number of hydrogen-bond acceptors (Lipinski definition) is 1. The van der Waals surface area contributed by atoms with Crippen molar-refractivity contribution in [3.05, 3.63) is 35.4 Å². The Morgan fingerprint density at radius 2 is 1.79 bits per heavy atom. The summed E-state index contributed by atoms with van der Waals surface area (Å²) in [7, 11) is 0. The van der Waals surface area contributed by atoms with Gasteiger partial charge in [-0.1, -0.05) is 24.3 Å². The zero-order chi connectivity index (χ0) is 9.90. The van der Waals surface area contributed by atoms with E-state index in [4.69, 9.17) is 4.74 Å². The van der Waals surface area contributed by atoms with Gasteiger partial charge in [0.25, 0.3) is 0 Å². The summed E-state index contributed by atoms with van der Waals surface area (Å²) in [5.74, 6) is 0. The summed E-state index contributed by atoms with van der Waals surface area (Å²) in [5, 5.41) is 0. The molecule has 0 N–H and O–H groups in total. The first-order valence-electron chi connectivity index (χ1n) is 4.67. The van der Waals surface area contributed by atoms with Crippen molar-refractivity contribution in [2.24, 2.45) is 0 Å². The van der Waals surface area contributed by atoms with E-state index in [0.717, 1.165) is 0 Å². The minimum atomic E-state index is -0.0533. The number of hydrogen-bond donors (Lipinski definition) is 0. The van der Waals surface area contributed by atoms with Crippen LogP contribution in [0.25, 0.3) is 0 Å². The van der Waals surface area contributed by atoms with E-state index in [1.807, 2.05) is 6.07 Å². The van der Waals surface area contributed by atoms with Gasteiger partial charge >= 0.3 is 18.9 Å². The molecule has 0 spiro atoms. The maximum atomic E-state index is 5.70. The van der Waals surface area contributed by atoms with E-state index in [0.29, 0.717) is 6.61 Å². The molecule has 0 atom stereocenters. The molecular formula is C12H19LiO. The summed E-state index contributed by atoms with van der Waals surface area (Å²) >= 11 is 0. The molecule has 0 unspecified atom stereocenters. The molecule has 0 amide bonds. The van der Waals surface area contributed by atoms with Gasteiger partial charge in [-0.25, -0.2) is 0 Å². The fraction of sp³-hybridized carbons (Fsp3) is 0.500. The molecule has 2 heteroatoms. The number of benzene rings is 1. The van der Waals surface area contributed by atoms with E-state index in [2.05, 4.69) is 45.9 Å². The third-order valence-corrected chi connectivity index (χ3v) is 1.92. The third-order valence-electron chi connectivity index (χ3n) is 1.92. The summed E-state index contributed by atoms with van der Waals surface area (Å²) < 4.78 is 5.70. The normalized spacial score (nSPS) is 10.9. The topological polar surface area (TPSA) is 9.23 Å². The quantitative estimate of drug-likeness (QED) is 0.608. The van der Waals surface area contributed by atoms with Gasteiger partial charge in [0.2, 0.25) is 0 Å². The second kappa shape index (κ2) is 5.61. The summed E-state index contributed by atoms with van der Waals surface area (Å²) in [4.78, 5) is 0. The largest absolute Gasteiger partial charge is 1.00 e. The average Bonchev–Trinajstić information content (AvgIpc) is 2.01. The minimum absolute atomic E-state index is 0. The molecule has 74 valence electrons. The van der Waals surface area contributed by atoms with Crippen LogP contribution in [0, 0.1) is 6.92 Å². The van der Waals surface area contributed by atoms with Crippen molar-refractivity contribution < 1.29 is 25.0 Å². The van der Waals surface area contributed by atoms with E-state index in [1.165, 1.54) is 11.1 Å². The fourth-order valence-corrected chi connectivity index (χ4v) is 1.07. The smallest absolute Gasteiger partial charge is 1.00 e. The van der Waals surface area contributed by atoms with Crippen molar-refractivity contribution in [3.8, 4) is 0 Å². The van der Waals surface area contributed by atoms with Crippen LogP contribution in [0.5, 0.6) is 0 Å². The van der Waals surface area contributed by atoms with Crippen molar-refractivity contribution in [2.75, 3.05) is 0 Å². The predicted molar refractivity (Wildman–Crippen MR) is 56.8 cm³/mol. The standard InChI is InChI=1S/C12H18O.Li.H/c1-10-7-5-6-8-11(10)9-13-12(2,3)4;;/h5-8H,9H2,1-4H3;;/q;+1;-1. The minimum Gasteiger partial charge on any atom is -1.00 e. The van der Waals surface area contributed by atoms with Gasteiger partial charge in [-0.05, 0) is 38.8 Å². The SMILES string of the molecule is Cc1ccccc1COC(C)(C)C.[H-].[Li+]. The van der Waals surface area contributed by atoms with E-state index in [-0.39, 0.29) is 25.9 Å². The van der Waals surface area contributed by atoms with Gasteiger partial charge in [0, 0.05) is 0 Å². The van der Waals surface area contributed by atoms with Gasteiger partial charge in [0.05, 0.1) is 12.2 Å². The Morgan fingerprint density at radius 3 is 2.29 bits per heavy atom. The molecule has 0 fully saturated rings. The van der Waals surface area contributed by atoms with Crippen LogP contribution in [0.15, 0.2) is 24.3 Å². The summed E-state index contributed by atoms with van der Waals surface area (Å²) in [6.45, 7) is 9.04. The van der Waals surface area contributed by atoms with Crippen LogP contribution < -0.4 is 18.9 Å². The van der Waals surface area contributed by atoms with Crippen molar-refractivity contribution in [1.82, 2.24) is 0 Å². The predicted octanol–water partition coefficient (Wildman–Crippen LogP) is 0.427. The monoisotopic (exact) mass is 186 g/mol. The van der Waals surface area contributed by atoms with E-state index in [9.17, 15) is 0 Å². The van der Waals surface area contributed by atoms with E-state index >= 15 is 0 Å². The molecule has 0 heterocycles. The molecular weight excluding hydrogens is 167 g/mol. The Labute approximate surface area is 101 Å². The van der Waals surface area contributed by atoms with Crippen molar-refractivity contribution in [2.45, 2.75) is 39.9 Å². The van der Waals surface area contributed by atoms with Crippen molar-refractivity contribution in [3.63, 3.8) is 0 Å². The second-order valence-corrected chi connectivity index (χ2v) is 4.33. The molecule has 1 nitrogen and oxygen atoms in total. The van der Waals surface area contributed by atoms with Gasteiger partial charge in [0.15, 0.2) is 0 Å². The van der Waals surface area contributed by atoms with E-state index < -0.39 is 0 Å². The van der Waals surface area contributed by atoms with Gasteiger partial charge in [0.1, 0.15) is 0 Å². The van der Waals surface area contributed by atoms with Crippen LogP contribution >= 0.6 is 0 Å². The fourth-order valence-electron chi connectivity index (χ4n) is 1.07. The summed E-state index contributed by atoms with van der Waals surface area (Å²) in [6.07, 6.45) is 0. The van der Waals surface area contributed by atoms with Crippen LogP contribution in [0.1, 0.15) is 33.3 Å². The first kappa shape index (κ1) is 13.8. The molecule has 1 aromatic rings. The molecule has 0 bridgehead atoms. The Bertz CT molecular complexity index is 281.